The van der Waals surface area contributed by atoms with E-state index in [9.17, 15) is 80.3 Å². The number of likely N-dealkylation sites (tertiary alicyclic amines) is 1. The number of thiophene rings is 9. The van der Waals surface area contributed by atoms with Gasteiger partial charge in [0.1, 0.15) is 26.0 Å². The number of carbonyl (C=O) groups is 14. The van der Waals surface area contributed by atoms with E-state index < -0.39 is 22.1 Å². The van der Waals surface area contributed by atoms with E-state index in [2.05, 4.69) is 33.1 Å². The molecule has 1 aliphatic heterocycles. The van der Waals surface area contributed by atoms with E-state index in [1.165, 1.54) is 126 Å². The van der Waals surface area contributed by atoms with Crippen molar-refractivity contribution in [2.24, 2.45) is 17.2 Å². The second-order valence-electron chi connectivity index (χ2n) is 30.2. The number of hydrogen-bond donors (Lipinski definition) is 7. The quantitative estimate of drug-likeness (QED) is 0.0138. The number of rotatable bonds is 42. The van der Waals surface area contributed by atoms with Crippen LogP contribution in [0.1, 0.15) is 298 Å². The van der Waals surface area contributed by atoms with Crippen LogP contribution in [0.3, 0.4) is 0 Å². The minimum Gasteiger partial charge on any atom is -0.370 e. The van der Waals surface area contributed by atoms with Crippen LogP contribution >= 0.6 is 172 Å². The number of unbranched alkanes of at least 4 members (excludes halogenated alkanes) is 3. The number of primary amides is 3. The third-order valence-corrected chi connectivity index (χ3v) is 28.9. The number of aryl methyl sites for hydroxylation is 9. The maximum Gasteiger partial charge on any atom is 0.220 e. The molecule has 1 fully saturated rings. The van der Waals surface area contributed by atoms with Crippen molar-refractivity contribution in [2.75, 3.05) is 60.9 Å². The molecule has 0 aliphatic carbocycles. The summed E-state index contributed by atoms with van der Waals surface area (Å²) in [5.41, 5.74) is 18.9. The molecular weight excluding hydrogens is 2010 g/mol. The normalized spacial score (nSPS) is 11.1. The van der Waals surface area contributed by atoms with Gasteiger partial charge in [-0.3, -0.25) is 67.1 Å². The topological polar surface area (TPSA) is 368 Å². The molecule has 22 nitrogen and oxygen atoms in total. The van der Waals surface area contributed by atoms with Crippen molar-refractivity contribution in [3.8, 4) is 0 Å². The Balaban J connectivity index is 0.000000507. The molecule has 0 aromatic carbocycles. The first-order chi connectivity index (χ1) is 62.7. The lowest BCUT2D eigenvalue weighted by molar-refractivity contribution is -0.121. The Morgan fingerprint density at radius 3 is 0.752 bits per heavy atom. The largest absolute Gasteiger partial charge is 0.370 e. The average molecular weight is 2130 g/mol. The van der Waals surface area contributed by atoms with Gasteiger partial charge in [0, 0.05) is 181 Å². The van der Waals surface area contributed by atoms with E-state index in [-0.39, 0.29) is 149 Å². The molecule has 10 heterocycles. The van der Waals surface area contributed by atoms with Crippen LogP contribution in [0.15, 0.2) is 54.6 Å². The average Bonchev–Trinajstić information content (AvgIpc) is 1.76. The van der Waals surface area contributed by atoms with Gasteiger partial charge in [0.15, 0.2) is 67.4 Å². The van der Waals surface area contributed by atoms with Crippen molar-refractivity contribution in [1.29, 1.82) is 0 Å². The van der Waals surface area contributed by atoms with E-state index >= 15 is 0 Å². The lowest BCUT2D eigenvalue weighted by Gasteiger charge is -2.13. The molecule has 0 unspecified atom stereocenters. The van der Waals surface area contributed by atoms with Gasteiger partial charge in [-0.05, 0) is 209 Å². The molecule has 9 aromatic rings. The van der Waals surface area contributed by atoms with Crippen molar-refractivity contribution in [2.45, 2.75) is 223 Å². The summed E-state index contributed by atoms with van der Waals surface area (Å²) in [6.45, 7) is 24.1. The molecule has 40 heteroatoms. The summed E-state index contributed by atoms with van der Waals surface area (Å²) in [6.07, 6.45) is 13.7. The molecule has 1 aliphatic rings. The molecule has 732 valence electrons. The summed E-state index contributed by atoms with van der Waals surface area (Å²) in [7, 11) is 6.77. The lowest BCUT2D eigenvalue weighted by Crippen LogP contribution is -2.21. The predicted molar refractivity (Wildman–Crippen MR) is 547 cm³/mol. The number of amides is 5. The Kier molecular flexibility index (Phi) is 61.1. The molecule has 0 spiro atoms. The van der Waals surface area contributed by atoms with Gasteiger partial charge < -0.3 is 43.4 Å². The number of halogens is 9. The van der Waals surface area contributed by atoms with Crippen molar-refractivity contribution in [3.05, 3.63) is 190 Å². The first kappa shape index (κ1) is 122. The van der Waals surface area contributed by atoms with E-state index in [0.29, 0.717) is 86.8 Å². The van der Waals surface area contributed by atoms with Gasteiger partial charge in [0.25, 0.3) is 0 Å². The Labute approximate surface area is 843 Å². The van der Waals surface area contributed by atoms with Crippen molar-refractivity contribution in [3.63, 3.8) is 0 Å². The smallest absolute Gasteiger partial charge is 0.220 e. The zero-order valence-corrected chi connectivity index (χ0v) is 89.1. The molecule has 133 heavy (non-hydrogen) atoms. The van der Waals surface area contributed by atoms with E-state index in [1.54, 1.807) is 52.1 Å². The summed E-state index contributed by atoms with van der Waals surface area (Å²) >= 11 is 47.0. The molecule has 0 bridgehead atoms. The van der Waals surface area contributed by atoms with Crippen LogP contribution in [0.4, 0.5) is 13.2 Å². The summed E-state index contributed by atoms with van der Waals surface area (Å²) < 4.78 is 42.8. The highest BCUT2D eigenvalue weighted by molar-refractivity contribution is 7.18. The molecule has 0 radical (unpaired) electrons. The van der Waals surface area contributed by atoms with Gasteiger partial charge in [-0.15, -0.1) is 102 Å². The van der Waals surface area contributed by atoms with E-state index in [0.717, 1.165) is 141 Å². The fraction of sp³-hybridized carbons (Fsp3) is 0.462. The van der Waals surface area contributed by atoms with Crippen molar-refractivity contribution in [1.82, 2.24) is 26.2 Å². The van der Waals surface area contributed by atoms with Crippen LogP contribution in [0.25, 0.3) is 0 Å². The first-order valence-corrected chi connectivity index (χ1v) is 52.2. The molecule has 0 saturated carbocycles. The predicted octanol–water partition coefficient (Wildman–Crippen LogP) is 24.6. The van der Waals surface area contributed by atoms with E-state index in [1.807, 2.05) is 73.8 Å². The van der Waals surface area contributed by atoms with Gasteiger partial charge >= 0.3 is 0 Å². The number of carbonyl (C=O) groups excluding carboxylic acids is 14. The highest BCUT2D eigenvalue weighted by Crippen LogP contribution is 2.35. The monoisotopic (exact) mass is 2130 g/mol. The zero-order valence-electron chi connectivity index (χ0n) is 77.2. The molecule has 9 aromatic heterocycles. The maximum absolute atomic E-state index is 13.2. The number of ketones is 9. The molecule has 1 saturated heterocycles. The summed E-state index contributed by atoms with van der Waals surface area (Å²) in [5, 5.41) is 9.54. The number of nitrogens with zero attached hydrogens (tertiary/aromatic N) is 1. The number of hydrogen-bond acceptors (Lipinski definition) is 26. The number of Topliss-reactive ketones (excluding diaryl/α,β-unsaturated/α-hetero) is 9. The minimum absolute atomic E-state index is 0.0226. The summed E-state index contributed by atoms with van der Waals surface area (Å²) in [6, 6.07) is 15.6. The Morgan fingerprint density at radius 1 is 0.293 bits per heavy atom. The van der Waals surface area contributed by atoms with Crippen LogP contribution in [0.5, 0.6) is 0 Å². The van der Waals surface area contributed by atoms with Crippen molar-refractivity contribution >= 4 is 253 Å². The highest BCUT2D eigenvalue weighted by atomic mass is 35.5. The standard InChI is InChI=1S/C13H18ClNOS.C12H17ClOS.2C10H12ClNO2S.C10H14ClNOS.C10H12FNO2S.C10H14FNOS.C9H10ClNO2S.C9H10FNO2S/c1-10-9-11(13(14)17-10)12(16)5-4-8-15-6-2-3-7-15;1-3-4-5-6-7-11(14)10-8-9(2)15-12(10)13;1-6-5-7(10(11)15-6)8(13)3-4-9(14)12-2;1-6-5-7(10(11)15-6)8(13)3-2-4-9(12)14;1-7-6-8(10(11)14-7)9(13)4-3-5-12-2;1-6-5-7(10(11)15-6)8(13)3-4-9(14)12-2;1-7-6-8(10(11)14-7)9(13)4-3-5-12-2;2*1-5-4-6(9(10)14-5)7(12)2-3-8(11)13/h9H,2-8H2,1H3;8H,3-7H2,1-2H3;5H,3-4H2,1-2H3,(H,12,14);5H,2-4H2,1H3,(H2,12,14);6,12H,3-5H2,1-2H3;5H,3-4H2,1-2H3,(H,12,14);6,12H,3-5H2,1-2H3;2*4H,2-3H2,1H3,(H2,11,13). The summed E-state index contributed by atoms with van der Waals surface area (Å²) in [5.74, 6) is -2.22. The minimum atomic E-state index is -0.550. The molecule has 0 atom stereocenters. The lowest BCUT2D eigenvalue weighted by atomic mass is 10.1. The fourth-order valence-corrected chi connectivity index (χ4v) is 21.8. The SMILES string of the molecule is CCCCCCC(=O)c1cc(C)sc1Cl.CNC(=O)CCC(=O)c1cc(C)sc1Cl.CNC(=O)CCC(=O)c1cc(C)sc1F.CNCCCC(=O)c1cc(C)sc1Cl.CNCCCC(=O)c1cc(C)sc1F.Cc1cc(C(=O)CCC(N)=O)c(Cl)s1.Cc1cc(C(=O)CCC(N)=O)c(F)s1.Cc1cc(C(=O)CCCC(N)=O)c(Cl)s1.Cc1cc(C(=O)CCCN2CCCC2)c(Cl)s1. The van der Waals surface area contributed by atoms with Crippen LogP contribution in [0.2, 0.25) is 26.0 Å². The second kappa shape index (κ2) is 66.6. The molecule has 10 N–H and O–H groups in total. The number of nitrogens with two attached hydrogens (primary N) is 3. The molecular formula is C93H119Cl6F3N8O14S9. The van der Waals surface area contributed by atoms with Crippen molar-refractivity contribution < 1.29 is 80.3 Å². The maximum atomic E-state index is 13.2. The van der Waals surface area contributed by atoms with Gasteiger partial charge in [0.2, 0.25) is 29.5 Å². The highest BCUT2D eigenvalue weighted by Gasteiger charge is 2.23. The van der Waals surface area contributed by atoms with E-state index in [4.69, 9.17) is 86.8 Å². The van der Waals surface area contributed by atoms with Gasteiger partial charge in [0.05, 0.1) is 16.7 Å². The van der Waals surface area contributed by atoms with Gasteiger partial charge in [-0.1, -0.05) is 95.8 Å². The zero-order chi connectivity index (χ0) is 100. The molecule has 10 rings (SSSR count). The first-order valence-electron chi connectivity index (χ1n) is 42.6. The van der Waals surface area contributed by atoms with Crippen LogP contribution in [0, 0.1) is 77.7 Å². The third-order valence-electron chi connectivity index (χ3n) is 18.7. The number of nitrogens with one attached hydrogen (secondary N) is 4. The fourth-order valence-electron chi connectivity index (χ4n) is 11.9. The van der Waals surface area contributed by atoms with Gasteiger partial charge in [-0.25, -0.2) is 0 Å². The third kappa shape index (κ3) is 49.3. The van der Waals surface area contributed by atoms with Gasteiger partial charge in [-0.2, -0.15) is 13.2 Å². The van der Waals surface area contributed by atoms with Crippen LogP contribution in [-0.4, -0.2) is 147 Å². The molecule has 5 amide bonds. The van der Waals surface area contributed by atoms with Crippen LogP contribution < -0.4 is 38.5 Å². The van der Waals surface area contributed by atoms with Crippen LogP contribution in [-0.2, 0) is 24.0 Å². The Morgan fingerprint density at radius 2 is 0.519 bits per heavy atom. The summed E-state index contributed by atoms with van der Waals surface area (Å²) in [4.78, 5) is 169. The second-order valence-corrected chi connectivity index (χ2v) is 45.0. The Bertz CT molecular complexity index is 5100. The Hall–Kier alpha value is -6.91.